The van der Waals surface area contributed by atoms with E-state index in [0.29, 0.717) is 18.1 Å². The summed E-state index contributed by atoms with van der Waals surface area (Å²) in [6.45, 7) is 0.478. The third kappa shape index (κ3) is 3.26. The van der Waals surface area contributed by atoms with Gasteiger partial charge in [-0.1, -0.05) is 12.1 Å². The molecule has 0 saturated heterocycles. The highest BCUT2D eigenvalue weighted by Crippen LogP contribution is 2.09. The number of urea groups is 1. The lowest BCUT2D eigenvalue weighted by atomic mass is 10.2. The van der Waals surface area contributed by atoms with Gasteiger partial charge in [-0.3, -0.25) is 10.3 Å². The van der Waals surface area contributed by atoms with Gasteiger partial charge in [-0.2, -0.15) is 0 Å². The van der Waals surface area contributed by atoms with Gasteiger partial charge in [0, 0.05) is 24.6 Å². The molecule has 0 atom stereocenters. The van der Waals surface area contributed by atoms with E-state index in [1.54, 1.807) is 12.1 Å². The van der Waals surface area contributed by atoms with E-state index in [1.165, 1.54) is 18.6 Å². The lowest BCUT2D eigenvalue weighted by Gasteiger charge is -2.07. The standard InChI is InChI=1S/C12H13N5O/c13-7-9-1-3-10(4-2-9)16-12(18)17-11-8-14-5-6-15-11/h1-6,8H,7,13H2,(H2,15,16,17,18). The zero-order valence-corrected chi connectivity index (χ0v) is 9.63. The molecule has 1 heterocycles. The van der Waals surface area contributed by atoms with Crippen molar-refractivity contribution in [3.8, 4) is 0 Å². The van der Waals surface area contributed by atoms with E-state index in [2.05, 4.69) is 20.6 Å². The average Bonchev–Trinajstić information content (AvgIpc) is 2.40. The Morgan fingerprint density at radius 3 is 2.56 bits per heavy atom. The highest BCUT2D eigenvalue weighted by Gasteiger charge is 2.02. The fourth-order valence-corrected chi connectivity index (χ4v) is 1.37. The Kier molecular flexibility index (Phi) is 3.83. The Morgan fingerprint density at radius 1 is 1.17 bits per heavy atom. The lowest BCUT2D eigenvalue weighted by molar-refractivity contribution is 0.262. The van der Waals surface area contributed by atoms with Crippen LogP contribution < -0.4 is 16.4 Å². The van der Waals surface area contributed by atoms with Crippen LogP contribution in [0.4, 0.5) is 16.3 Å². The second-order valence-corrected chi connectivity index (χ2v) is 3.57. The molecule has 0 bridgehead atoms. The van der Waals surface area contributed by atoms with E-state index in [9.17, 15) is 4.79 Å². The summed E-state index contributed by atoms with van der Waals surface area (Å²) in [6.07, 6.45) is 4.51. The van der Waals surface area contributed by atoms with Gasteiger partial charge in [0.1, 0.15) is 0 Å². The Bertz CT molecular complexity index is 512. The number of hydrogen-bond donors (Lipinski definition) is 3. The first-order valence-corrected chi connectivity index (χ1v) is 5.41. The summed E-state index contributed by atoms with van der Waals surface area (Å²) in [4.78, 5) is 19.4. The van der Waals surface area contributed by atoms with E-state index in [1.807, 2.05) is 12.1 Å². The lowest BCUT2D eigenvalue weighted by Crippen LogP contribution is -2.20. The van der Waals surface area contributed by atoms with E-state index >= 15 is 0 Å². The molecule has 0 aliphatic heterocycles. The van der Waals surface area contributed by atoms with Gasteiger partial charge in [0.2, 0.25) is 0 Å². The van der Waals surface area contributed by atoms with Crippen molar-refractivity contribution in [3.63, 3.8) is 0 Å². The number of carbonyl (C=O) groups excluding carboxylic acids is 1. The average molecular weight is 243 g/mol. The monoisotopic (exact) mass is 243 g/mol. The van der Waals surface area contributed by atoms with E-state index in [4.69, 9.17) is 5.73 Å². The molecule has 2 amide bonds. The molecule has 0 unspecified atom stereocenters. The number of benzene rings is 1. The molecule has 6 heteroatoms. The minimum absolute atomic E-state index is 0.365. The van der Waals surface area contributed by atoms with E-state index in [-0.39, 0.29) is 6.03 Å². The SMILES string of the molecule is NCc1ccc(NC(=O)Nc2cnccn2)cc1. The molecule has 18 heavy (non-hydrogen) atoms. The highest BCUT2D eigenvalue weighted by molar-refractivity contribution is 5.98. The summed E-state index contributed by atoms with van der Waals surface area (Å²) in [5.74, 6) is 0.397. The highest BCUT2D eigenvalue weighted by atomic mass is 16.2. The van der Waals surface area contributed by atoms with Crippen LogP contribution >= 0.6 is 0 Å². The van der Waals surface area contributed by atoms with Gasteiger partial charge in [0.05, 0.1) is 6.20 Å². The molecular weight excluding hydrogens is 230 g/mol. The largest absolute Gasteiger partial charge is 0.326 e. The van der Waals surface area contributed by atoms with Crippen LogP contribution in [0, 0.1) is 0 Å². The van der Waals surface area contributed by atoms with Crippen LogP contribution in [0.1, 0.15) is 5.56 Å². The third-order valence-electron chi connectivity index (χ3n) is 2.25. The smallest absolute Gasteiger partial charge is 0.324 e. The summed E-state index contributed by atoms with van der Waals surface area (Å²) >= 11 is 0. The number of rotatable bonds is 3. The summed E-state index contributed by atoms with van der Waals surface area (Å²) < 4.78 is 0. The predicted molar refractivity (Wildman–Crippen MR) is 69.0 cm³/mol. The minimum atomic E-state index is -0.365. The van der Waals surface area contributed by atoms with Crippen LogP contribution in [0.25, 0.3) is 0 Å². The van der Waals surface area contributed by atoms with Gasteiger partial charge in [0.15, 0.2) is 5.82 Å². The fourth-order valence-electron chi connectivity index (χ4n) is 1.37. The first-order valence-electron chi connectivity index (χ1n) is 5.41. The maximum Gasteiger partial charge on any atom is 0.324 e. The van der Waals surface area contributed by atoms with Crippen molar-refractivity contribution in [2.24, 2.45) is 5.73 Å². The molecule has 0 fully saturated rings. The summed E-state index contributed by atoms with van der Waals surface area (Å²) in [7, 11) is 0. The van der Waals surface area contributed by atoms with Crippen molar-refractivity contribution >= 4 is 17.5 Å². The van der Waals surface area contributed by atoms with Crippen LogP contribution in [0.15, 0.2) is 42.9 Å². The maximum atomic E-state index is 11.6. The number of aromatic nitrogens is 2. The second-order valence-electron chi connectivity index (χ2n) is 3.57. The van der Waals surface area contributed by atoms with Crippen molar-refractivity contribution in [1.29, 1.82) is 0 Å². The van der Waals surface area contributed by atoms with Crippen molar-refractivity contribution in [3.05, 3.63) is 48.4 Å². The predicted octanol–water partition coefficient (Wildman–Crippen LogP) is 1.58. The number of hydrogen-bond acceptors (Lipinski definition) is 4. The molecule has 0 aliphatic carbocycles. The van der Waals surface area contributed by atoms with Gasteiger partial charge in [0.25, 0.3) is 0 Å². The van der Waals surface area contributed by atoms with Crippen molar-refractivity contribution < 1.29 is 4.79 Å². The summed E-state index contributed by atoms with van der Waals surface area (Å²) in [5, 5.41) is 5.25. The first-order chi connectivity index (χ1) is 8.78. The normalized spacial score (nSPS) is 9.83. The van der Waals surface area contributed by atoms with E-state index < -0.39 is 0 Å². The molecule has 1 aromatic heterocycles. The van der Waals surface area contributed by atoms with Gasteiger partial charge in [-0.25, -0.2) is 9.78 Å². The zero-order valence-electron chi connectivity index (χ0n) is 9.63. The minimum Gasteiger partial charge on any atom is -0.326 e. The zero-order chi connectivity index (χ0) is 12.8. The molecule has 2 rings (SSSR count). The fraction of sp³-hybridized carbons (Fsp3) is 0.0833. The molecule has 92 valence electrons. The molecule has 0 aliphatic rings. The molecule has 0 spiro atoms. The van der Waals surface area contributed by atoms with E-state index in [0.717, 1.165) is 5.56 Å². The maximum absolute atomic E-state index is 11.6. The van der Waals surface area contributed by atoms with Crippen LogP contribution in [-0.4, -0.2) is 16.0 Å². The Balaban J connectivity index is 1.94. The Morgan fingerprint density at radius 2 is 1.94 bits per heavy atom. The number of nitrogens with two attached hydrogens (primary N) is 1. The summed E-state index contributed by atoms with van der Waals surface area (Å²) in [6, 6.07) is 6.93. The van der Waals surface area contributed by atoms with Crippen molar-refractivity contribution in [2.45, 2.75) is 6.54 Å². The first kappa shape index (κ1) is 12.0. The van der Waals surface area contributed by atoms with Gasteiger partial charge in [-0.05, 0) is 17.7 Å². The van der Waals surface area contributed by atoms with Crippen LogP contribution in [0.2, 0.25) is 0 Å². The van der Waals surface area contributed by atoms with Gasteiger partial charge < -0.3 is 11.1 Å². The van der Waals surface area contributed by atoms with Crippen LogP contribution in [0.3, 0.4) is 0 Å². The van der Waals surface area contributed by atoms with Gasteiger partial charge in [-0.15, -0.1) is 0 Å². The molecule has 6 nitrogen and oxygen atoms in total. The molecule has 1 aromatic carbocycles. The number of nitrogens with zero attached hydrogens (tertiary/aromatic N) is 2. The molecule has 4 N–H and O–H groups in total. The van der Waals surface area contributed by atoms with Crippen LogP contribution in [-0.2, 0) is 6.54 Å². The molecular formula is C12H13N5O. The second kappa shape index (κ2) is 5.74. The Labute approximate surface area is 104 Å². The van der Waals surface area contributed by atoms with Gasteiger partial charge >= 0.3 is 6.03 Å². The quantitative estimate of drug-likeness (QED) is 0.763. The molecule has 0 saturated carbocycles. The molecule has 0 radical (unpaired) electrons. The number of anilines is 2. The number of carbonyl (C=O) groups is 1. The topological polar surface area (TPSA) is 92.9 Å². The molecule has 2 aromatic rings. The number of nitrogens with one attached hydrogen (secondary N) is 2. The summed E-state index contributed by atoms with van der Waals surface area (Å²) in [5.41, 5.74) is 7.19. The number of amides is 2. The third-order valence-corrected chi connectivity index (χ3v) is 2.25. The van der Waals surface area contributed by atoms with Crippen molar-refractivity contribution in [2.75, 3.05) is 10.6 Å². The Hall–Kier alpha value is -2.47. The van der Waals surface area contributed by atoms with Crippen molar-refractivity contribution in [1.82, 2.24) is 9.97 Å². The van der Waals surface area contributed by atoms with Crippen LogP contribution in [0.5, 0.6) is 0 Å².